The maximum Gasteiger partial charge on any atom is 0.00944 e. The number of hydrogen-bond donors (Lipinski definition) is 0. The number of thioether (sulfide) groups is 1. The Morgan fingerprint density at radius 3 is 2.39 bits per heavy atom. The predicted octanol–water partition coefficient (Wildman–Crippen LogP) is 4.22. The standard InChI is InChI=1S/C16H25NS/c1-17(2)13-5-6-14-9-11-16(12-10-14)18-15-7-3-4-8-15/h9-12,15H,3-8,13H2,1-2H3. The molecule has 0 atom stereocenters. The van der Waals surface area contributed by atoms with E-state index in [4.69, 9.17) is 0 Å². The molecule has 1 aromatic rings. The molecule has 0 amide bonds. The quantitative estimate of drug-likeness (QED) is 0.756. The van der Waals surface area contributed by atoms with Gasteiger partial charge in [-0.2, -0.15) is 0 Å². The highest BCUT2D eigenvalue weighted by molar-refractivity contribution is 8.00. The van der Waals surface area contributed by atoms with Crippen molar-refractivity contribution < 1.29 is 0 Å². The summed E-state index contributed by atoms with van der Waals surface area (Å²) in [4.78, 5) is 3.71. The fourth-order valence-electron chi connectivity index (χ4n) is 2.53. The Kier molecular flexibility index (Phi) is 5.58. The van der Waals surface area contributed by atoms with Gasteiger partial charge in [-0.15, -0.1) is 11.8 Å². The first-order valence-electron chi connectivity index (χ1n) is 7.14. The van der Waals surface area contributed by atoms with Crippen molar-refractivity contribution in [3.05, 3.63) is 29.8 Å². The van der Waals surface area contributed by atoms with Crippen LogP contribution >= 0.6 is 11.8 Å². The summed E-state index contributed by atoms with van der Waals surface area (Å²) in [7, 11) is 4.28. The molecule has 0 saturated heterocycles. The molecule has 0 aromatic heterocycles. The summed E-state index contributed by atoms with van der Waals surface area (Å²) in [5.74, 6) is 0. The highest BCUT2D eigenvalue weighted by atomic mass is 32.2. The predicted molar refractivity (Wildman–Crippen MR) is 81.4 cm³/mol. The molecule has 2 rings (SSSR count). The van der Waals surface area contributed by atoms with Crippen molar-refractivity contribution in [3.8, 4) is 0 Å². The summed E-state index contributed by atoms with van der Waals surface area (Å²) >= 11 is 2.08. The molecule has 0 bridgehead atoms. The van der Waals surface area contributed by atoms with Crippen LogP contribution in [-0.2, 0) is 6.42 Å². The molecule has 18 heavy (non-hydrogen) atoms. The summed E-state index contributed by atoms with van der Waals surface area (Å²) in [5.41, 5.74) is 1.48. The van der Waals surface area contributed by atoms with Crippen molar-refractivity contribution in [1.82, 2.24) is 4.90 Å². The van der Waals surface area contributed by atoms with E-state index >= 15 is 0 Å². The summed E-state index contributed by atoms with van der Waals surface area (Å²) < 4.78 is 0. The van der Waals surface area contributed by atoms with Crippen molar-refractivity contribution in [2.45, 2.75) is 48.7 Å². The zero-order chi connectivity index (χ0) is 12.8. The van der Waals surface area contributed by atoms with Crippen molar-refractivity contribution in [1.29, 1.82) is 0 Å². The van der Waals surface area contributed by atoms with Gasteiger partial charge in [-0.05, 0) is 64.0 Å². The Morgan fingerprint density at radius 2 is 1.78 bits per heavy atom. The van der Waals surface area contributed by atoms with E-state index in [1.54, 1.807) is 0 Å². The van der Waals surface area contributed by atoms with Crippen LogP contribution in [0.5, 0.6) is 0 Å². The molecular weight excluding hydrogens is 238 g/mol. The first kappa shape index (κ1) is 14.0. The van der Waals surface area contributed by atoms with E-state index < -0.39 is 0 Å². The molecule has 1 fully saturated rings. The maximum atomic E-state index is 2.31. The molecule has 100 valence electrons. The third-order valence-corrected chi connectivity index (χ3v) is 4.95. The Bertz CT molecular complexity index is 339. The molecule has 0 spiro atoms. The van der Waals surface area contributed by atoms with Gasteiger partial charge in [-0.1, -0.05) is 25.0 Å². The van der Waals surface area contributed by atoms with E-state index in [1.165, 1.54) is 55.5 Å². The summed E-state index contributed by atoms with van der Waals surface area (Å²) in [6.07, 6.45) is 8.14. The van der Waals surface area contributed by atoms with Gasteiger partial charge >= 0.3 is 0 Å². The number of nitrogens with zero attached hydrogens (tertiary/aromatic N) is 1. The average Bonchev–Trinajstić information content (AvgIpc) is 2.84. The van der Waals surface area contributed by atoms with Gasteiger partial charge in [0.15, 0.2) is 0 Å². The molecule has 1 aliphatic carbocycles. The lowest BCUT2D eigenvalue weighted by atomic mass is 10.1. The summed E-state index contributed by atoms with van der Waals surface area (Å²) in [6, 6.07) is 9.25. The normalized spacial score (nSPS) is 16.6. The van der Waals surface area contributed by atoms with Gasteiger partial charge in [0.2, 0.25) is 0 Å². The Morgan fingerprint density at radius 1 is 1.11 bits per heavy atom. The zero-order valence-corrected chi connectivity index (χ0v) is 12.5. The minimum atomic E-state index is 0.879. The van der Waals surface area contributed by atoms with Crippen LogP contribution in [-0.4, -0.2) is 30.8 Å². The second-order valence-electron chi connectivity index (χ2n) is 5.58. The molecule has 0 N–H and O–H groups in total. The molecule has 0 aliphatic heterocycles. The average molecular weight is 263 g/mol. The summed E-state index contributed by atoms with van der Waals surface area (Å²) in [6.45, 7) is 1.18. The number of hydrogen-bond acceptors (Lipinski definition) is 2. The van der Waals surface area contributed by atoms with Crippen LogP contribution in [0.1, 0.15) is 37.7 Å². The molecule has 0 unspecified atom stereocenters. The van der Waals surface area contributed by atoms with E-state index in [2.05, 4.69) is 55.0 Å². The van der Waals surface area contributed by atoms with Crippen LogP contribution in [0.2, 0.25) is 0 Å². The molecule has 1 nitrogen and oxygen atoms in total. The number of aryl methyl sites for hydroxylation is 1. The molecule has 0 radical (unpaired) electrons. The second kappa shape index (κ2) is 7.20. The minimum Gasteiger partial charge on any atom is -0.309 e. The third-order valence-electron chi connectivity index (χ3n) is 3.60. The van der Waals surface area contributed by atoms with E-state index in [0.29, 0.717) is 0 Å². The minimum absolute atomic E-state index is 0.879. The van der Waals surface area contributed by atoms with Crippen LogP contribution < -0.4 is 0 Å². The Hall–Kier alpha value is -0.470. The van der Waals surface area contributed by atoms with Crippen LogP contribution in [0, 0.1) is 0 Å². The van der Waals surface area contributed by atoms with Crippen LogP contribution in [0.15, 0.2) is 29.2 Å². The highest BCUT2D eigenvalue weighted by Crippen LogP contribution is 2.34. The van der Waals surface area contributed by atoms with Gasteiger partial charge in [0.25, 0.3) is 0 Å². The van der Waals surface area contributed by atoms with Crippen molar-refractivity contribution in [2.24, 2.45) is 0 Å². The third kappa shape index (κ3) is 4.66. The fourth-order valence-corrected chi connectivity index (χ4v) is 3.78. The Labute approximate surface area is 116 Å². The van der Waals surface area contributed by atoms with E-state index in [1.807, 2.05) is 0 Å². The molecule has 1 aliphatic rings. The van der Waals surface area contributed by atoms with Crippen molar-refractivity contribution in [2.75, 3.05) is 20.6 Å². The first-order chi connectivity index (χ1) is 8.74. The lowest BCUT2D eigenvalue weighted by Gasteiger charge is -2.10. The number of benzene rings is 1. The molecule has 1 saturated carbocycles. The highest BCUT2D eigenvalue weighted by Gasteiger charge is 2.15. The lowest BCUT2D eigenvalue weighted by molar-refractivity contribution is 0.400. The zero-order valence-electron chi connectivity index (χ0n) is 11.7. The van der Waals surface area contributed by atoms with Crippen molar-refractivity contribution >= 4 is 11.8 Å². The first-order valence-corrected chi connectivity index (χ1v) is 8.02. The maximum absolute atomic E-state index is 2.31. The fraction of sp³-hybridized carbons (Fsp3) is 0.625. The molecular formula is C16H25NS. The van der Waals surface area contributed by atoms with E-state index in [9.17, 15) is 0 Å². The van der Waals surface area contributed by atoms with Gasteiger partial charge < -0.3 is 4.90 Å². The van der Waals surface area contributed by atoms with Gasteiger partial charge in [0.1, 0.15) is 0 Å². The van der Waals surface area contributed by atoms with Crippen LogP contribution in [0.25, 0.3) is 0 Å². The second-order valence-corrected chi connectivity index (χ2v) is 6.95. The SMILES string of the molecule is CN(C)CCCc1ccc(SC2CCCC2)cc1. The van der Waals surface area contributed by atoms with E-state index in [-0.39, 0.29) is 0 Å². The summed E-state index contributed by atoms with van der Waals surface area (Å²) in [5, 5.41) is 0.879. The Balaban J connectivity index is 1.77. The largest absolute Gasteiger partial charge is 0.309 e. The van der Waals surface area contributed by atoms with Gasteiger partial charge in [-0.3, -0.25) is 0 Å². The van der Waals surface area contributed by atoms with Crippen LogP contribution in [0.4, 0.5) is 0 Å². The molecule has 1 aromatic carbocycles. The smallest absolute Gasteiger partial charge is 0.00944 e. The molecule has 0 heterocycles. The van der Waals surface area contributed by atoms with E-state index in [0.717, 1.165) is 5.25 Å². The van der Waals surface area contributed by atoms with Gasteiger partial charge in [0.05, 0.1) is 0 Å². The lowest BCUT2D eigenvalue weighted by Crippen LogP contribution is -2.13. The van der Waals surface area contributed by atoms with Crippen molar-refractivity contribution in [3.63, 3.8) is 0 Å². The van der Waals surface area contributed by atoms with Gasteiger partial charge in [-0.25, -0.2) is 0 Å². The molecule has 2 heteroatoms. The monoisotopic (exact) mass is 263 g/mol. The number of rotatable bonds is 6. The van der Waals surface area contributed by atoms with Gasteiger partial charge in [0, 0.05) is 10.1 Å². The van der Waals surface area contributed by atoms with Crippen LogP contribution in [0.3, 0.4) is 0 Å². The topological polar surface area (TPSA) is 3.24 Å².